The first-order valence-electron chi connectivity index (χ1n) is 3.74. The number of rotatable bonds is 4. The molecule has 0 fully saturated rings. The van der Waals surface area contributed by atoms with Gasteiger partial charge < -0.3 is 10.8 Å². The van der Waals surface area contributed by atoms with E-state index in [1.807, 2.05) is 12.1 Å². The minimum absolute atomic E-state index is 0.234. The number of anilines is 1. The van der Waals surface area contributed by atoms with Gasteiger partial charge >= 0.3 is 5.97 Å². The maximum Gasteiger partial charge on any atom is 0.303 e. The summed E-state index contributed by atoms with van der Waals surface area (Å²) in [4.78, 5) is 11.3. The van der Waals surface area contributed by atoms with Gasteiger partial charge in [0, 0.05) is 11.3 Å². The van der Waals surface area contributed by atoms with E-state index in [2.05, 4.69) is 0 Å². The average Bonchev–Trinajstić information content (AvgIpc) is 2.35. The van der Waals surface area contributed by atoms with E-state index in [1.165, 1.54) is 11.3 Å². The number of carboxylic acid groups (broad SMARTS) is 1. The van der Waals surface area contributed by atoms with E-state index in [4.69, 9.17) is 10.8 Å². The molecule has 1 heterocycles. The average molecular weight is 185 g/mol. The number of hydrogen-bond acceptors (Lipinski definition) is 3. The van der Waals surface area contributed by atoms with Gasteiger partial charge in [-0.25, -0.2) is 0 Å². The van der Waals surface area contributed by atoms with Crippen molar-refractivity contribution in [2.45, 2.75) is 19.3 Å². The van der Waals surface area contributed by atoms with Gasteiger partial charge in [0.25, 0.3) is 0 Å². The molecular formula is C8H11NO2S. The normalized spacial score (nSPS) is 10.0. The zero-order valence-electron chi connectivity index (χ0n) is 6.62. The number of aryl methyl sites for hydroxylation is 1. The molecule has 0 amide bonds. The van der Waals surface area contributed by atoms with Crippen molar-refractivity contribution in [1.82, 2.24) is 0 Å². The molecule has 0 bridgehead atoms. The van der Waals surface area contributed by atoms with Crippen LogP contribution in [0.2, 0.25) is 0 Å². The number of carboxylic acids is 1. The summed E-state index contributed by atoms with van der Waals surface area (Å²) in [6, 6.07) is 3.79. The van der Waals surface area contributed by atoms with Crippen LogP contribution in [-0.4, -0.2) is 11.1 Å². The van der Waals surface area contributed by atoms with Crippen molar-refractivity contribution in [3.8, 4) is 0 Å². The molecule has 0 radical (unpaired) electrons. The highest BCUT2D eigenvalue weighted by Crippen LogP contribution is 2.19. The Morgan fingerprint density at radius 2 is 2.33 bits per heavy atom. The molecule has 1 rings (SSSR count). The fourth-order valence-electron chi connectivity index (χ4n) is 0.943. The van der Waals surface area contributed by atoms with Crippen LogP contribution < -0.4 is 5.73 Å². The second kappa shape index (κ2) is 4.11. The zero-order valence-corrected chi connectivity index (χ0v) is 7.43. The van der Waals surface area contributed by atoms with E-state index < -0.39 is 5.97 Å². The molecule has 0 aliphatic heterocycles. The van der Waals surface area contributed by atoms with Crippen LogP contribution in [0.1, 0.15) is 17.7 Å². The first-order chi connectivity index (χ1) is 5.68. The lowest BCUT2D eigenvalue weighted by molar-refractivity contribution is -0.137. The molecule has 0 aliphatic carbocycles. The highest BCUT2D eigenvalue weighted by atomic mass is 32.1. The lowest BCUT2D eigenvalue weighted by atomic mass is 10.2. The maximum absolute atomic E-state index is 10.2. The quantitative estimate of drug-likeness (QED) is 0.751. The highest BCUT2D eigenvalue weighted by Gasteiger charge is 1.99. The van der Waals surface area contributed by atoms with Crippen molar-refractivity contribution < 1.29 is 9.90 Å². The summed E-state index contributed by atoms with van der Waals surface area (Å²) in [5.74, 6) is -0.737. The third-order valence-electron chi connectivity index (χ3n) is 1.50. The molecule has 0 atom stereocenters. The largest absolute Gasteiger partial charge is 0.481 e. The van der Waals surface area contributed by atoms with Gasteiger partial charge in [-0.1, -0.05) is 0 Å². The standard InChI is InChI=1S/C8H11NO2S/c9-7-5-4-6(12-7)2-1-3-8(10)11/h4-5H,1-3,9H2,(H,10,11). The Labute approximate surface area is 74.8 Å². The van der Waals surface area contributed by atoms with E-state index in [1.54, 1.807) is 0 Å². The summed E-state index contributed by atoms with van der Waals surface area (Å²) in [6.45, 7) is 0. The second-order valence-corrected chi connectivity index (χ2v) is 3.75. The van der Waals surface area contributed by atoms with Gasteiger partial charge in [0.05, 0.1) is 5.00 Å². The molecule has 66 valence electrons. The Balaban J connectivity index is 2.29. The number of carbonyl (C=O) groups is 1. The Kier molecular flexibility index (Phi) is 3.10. The topological polar surface area (TPSA) is 63.3 Å². The Hall–Kier alpha value is -1.03. The van der Waals surface area contributed by atoms with Gasteiger partial charge in [-0.3, -0.25) is 4.79 Å². The van der Waals surface area contributed by atoms with E-state index in [-0.39, 0.29) is 6.42 Å². The third kappa shape index (κ3) is 2.92. The van der Waals surface area contributed by atoms with Crippen molar-refractivity contribution in [2.24, 2.45) is 0 Å². The third-order valence-corrected chi connectivity index (χ3v) is 2.47. The summed E-state index contributed by atoms with van der Waals surface area (Å²) < 4.78 is 0. The molecule has 0 unspecified atom stereocenters. The van der Waals surface area contributed by atoms with Gasteiger partial charge in [-0.15, -0.1) is 11.3 Å². The minimum Gasteiger partial charge on any atom is -0.481 e. The Bertz CT molecular complexity index is 270. The summed E-state index contributed by atoms with van der Waals surface area (Å²) >= 11 is 1.52. The lowest BCUT2D eigenvalue weighted by Crippen LogP contribution is -1.94. The number of aliphatic carboxylic acids is 1. The van der Waals surface area contributed by atoms with Crippen LogP contribution in [0.3, 0.4) is 0 Å². The van der Waals surface area contributed by atoms with Crippen LogP contribution in [0.15, 0.2) is 12.1 Å². The minimum atomic E-state index is -0.737. The van der Waals surface area contributed by atoms with E-state index in [0.717, 1.165) is 16.3 Å². The molecule has 1 aromatic rings. The van der Waals surface area contributed by atoms with E-state index in [9.17, 15) is 4.79 Å². The Morgan fingerprint density at radius 1 is 1.58 bits per heavy atom. The Morgan fingerprint density at radius 3 is 2.83 bits per heavy atom. The lowest BCUT2D eigenvalue weighted by Gasteiger charge is -1.92. The molecule has 3 N–H and O–H groups in total. The molecule has 1 aromatic heterocycles. The van der Waals surface area contributed by atoms with Crippen molar-refractivity contribution in [2.75, 3.05) is 5.73 Å². The summed E-state index contributed by atoms with van der Waals surface area (Å²) in [5, 5.41) is 9.17. The summed E-state index contributed by atoms with van der Waals surface area (Å²) in [5.41, 5.74) is 5.51. The number of nitrogen functional groups attached to an aromatic ring is 1. The number of nitrogens with two attached hydrogens (primary N) is 1. The van der Waals surface area contributed by atoms with Gasteiger partial charge in [0.15, 0.2) is 0 Å². The van der Waals surface area contributed by atoms with Crippen LogP contribution in [0.5, 0.6) is 0 Å². The van der Waals surface area contributed by atoms with E-state index in [0.29, 0.717) is 6.42 Å². The fraction of sp³-hybridized carbons (Fsp3) is 0.375. The number of thiophene rings is 1. The maximum atomic E-state index is 10.2. The smallest absolute Gasteiger partial charge is 0.303 e. The SMILES string of the molecule is Nc1ccc(CCCC(=O)O)s1. The van der Waals surface area contributed by atoms with Gasteiger partial charge in [-0.2, -0.15) is 0 Å². The van der Waals surface area contributed by atoms with Crippen LogP contribution in [0.4, 0.5) is 5.00 Å². The molecule has 0 aliphatic rings. The molecule has 4 heteroatoms. The predicted molar refractivity (Wildman–Crippen MR) is 49.3 cm³/mol. The molecule has 3 nitrogen and oxygen atoms in total. The van der Waals surface area contributed by atoms with Gasteiger partial charge in [0.2, 0.25) is 0 Å². The van der Waals surface area contributed by atoms with Crippen molar-refractivity contribution in [3.05, 3.63) is 17.0 Å². The van der Waals surface area contributed by atoms with Gasteiger partial charge in [-0.05, 0) is 25.0 Å². The molecule has 0 aromatic carbocycles. The van der Waals surface area contributed by atoms with Crippen molar-refractivity contribution >= 4 is 22.3 Å². The number of hydrogen-bond donors (Lipinski definition) is 2. The monoisotopic (exact) mass is 185 g/mol. The zero-order chi connectivity index (χ0) is 8.97. The molecule has 0 saturated carbocycles. The predicted octanol–water partition coefficient (Wildman–Crippen LogP) is 1.74. The highest BCUT2D eigenvalue weighted by molar-refractivity contribution is 7.15. The van der Waals surface area contributed by atoms with E-state index >= 15 is 0 Å². The van der Waals surface area contributed by atoms with Crippen LogP contribution in [0.25, 0.3) is 0 Å². The fourth-order valence-corrected chi connectivity index (χ4v) is 1.76. The van der Waals surface area contributed by atoms with Crippen LogP contribution in [-0.2, 0) is 11.2 Å². The van der Waals surface area contributed by atoms with Crippen LogP contribution >= 0.6 is 11.3 Å². The summed E-state index contributed by atoms with van der Waals surface area (Å²) in [6.07, 6.45) is 1.74. The second-order valence-electron chi connectivity index (χ2n) is 2.55. The molecule has 12 heavy (non-hydrogen) atoms. The van der Waals surface area contributed by atoms with Crippen molar-refractivity contribution in [3.63, 3.8) is 0 Å². The first kappa shape index (κ1) is 9.06. The van der Waals surface area contributed by atoms with Crippen LogP contribution in [0, 0.1) is 0 Å². The summed E-state index contributed by atoms with van der Waals surface area (Å²) in [7, 11) is 0. The molecule has 0 spiro atoms. The van der Waals surface area contributed by atoms with Crippen molar-refractivity contribution in [1.29, 1.82) is 0 Å². The molecular weight excluding hydrogens is 174 g/mol. The van der Waals surface area contributed by atoms with Gasteiger partial charge in [0.1, 0.15) is 0 Å². The first-order valence-corrected chi connectivity index (χ1v) is 4.56. The molecule has 0 saturated heterocycles.